The zero-order chi connectivity index (χ0) is 16.2. The number of nitriles is 1. The van der Waals surface area contributed by atoms with E-state index in [0.717, 1.165) is 5.56 Å². The molecule has 3 rings (SSSR count). The number of carbonyl (C=O) groups excluding carboxylic acids is 1. The fourth-order valence-corrected chi connectivity index (χ4v) is 2.21. The van der Waals surface area contributed by atoms with Gasteiger partial charge in [-0.2, -0.15) is 5.26 Å². The Morgan fingerprint density at radius 1 is 1.09 bits per heavy atom. The number of rotatable bonds is 3. The predicted octanol–water partition coefficient (Wildman–Crippen LogP) is 4.72. The summed E-state index contributed by atoms with van der Waals surface area (Å²) >= 11 is 5.80. The van der Waals surface area contributed by atoms with Gasteiger partial charge in [0.1, 0.15) is 17.4 Å². The van der Waals surface area contributed by atoms with Gasteiger partial charge in [-0.3, -0.25) is 10.1 Å². The molecule has 0 saturated carbocycles. The van der Waals surface area contributed by atoms with E-state index in [0.29, 0.717) is 16.3 Å². The molecule has 4 nitrogen and oxygen atoms in total. The quantitative estimate of drug-likeness (QED) is 0.758. The zero-order valence-corrected chi connectivity index (χ0v) is 12.7. The normalized spacial score (nSPS) is 10.1. The van der Waals surface area contributed by atoms with Gasteiger partial charge in [0.15, 0.2) is 0 Å². The van der Waals surface area contributed by atoms with Gasteiger partial charge >= 0.3 is 0 Å². The Hall–Kier alpha value is -3.03. The van der Waals surface area contributed by atoms with Gasteiger partial charge in [0.2, 0.25) is 5.88 Å². The van der Waals surface area contributed by atoms with Gasteiger partial charge in [0, 0.05) is 22.2 Å². The van der Waals surface area contributed by atoms with Crippen LogP contribution in [0.15, 0.2) is 65.1 Å². The number of benzene rings is 2. The number of furan rings is 1. The van der Waals surface area contributed by atoms with Gasteiger partial charge in [-0.05, 0) is 24.3 Å². The monoisotopic (exact) mass is 322 g/mol. The number of anilines is 1. The number of amides is 1. The molecule has 0 aliphatic rings. The Balaban J connectivity index is 1.88. The minimum atomic E-state index is -0.368. The number of hydrogen-bond acceptors (Lipinski definition) is 3. The van der Waals surface area contributed by atoms with E-state index in [9.17, 15) is 10.1 Å². The molecule has 112 valence electrons. The smallest absolute Gasteiger partial charge is 0.258 e. The van der Waals surface area contributed by atoms with Crippen LogP contribution in [0.1, 0.15) is 15.9 Å². The number of nitrogens with zero attached hydrogens (tertiary/aromatic N) is 1. The lowest BCUT2D eigenvalue weighted by Crippen LogP contribution is -2.11. The van der Waals surface area contributed by atoms with Crippen molar-refractivity contribution in [3.63, 3.8) is 0 Å². The van der Waals surface area contributed by atoms with Gasteiger partial charge in [-0.15, -0.1) is 0 Å². The first kappa shape index (κ1) is 14.9. The van der Waals surface area contributed by atoms with Crippen molar-refractivity contribution in [2.45, 2.75) is 0 Å². The van der Waals surface area contributed by atoms with Crippen molar-refractivity contribution in [2.75, 3.05) is 5.32 Å². The molecular weight excluding hydrogens is 312 g/mol. The highest BCUT2D eigenvalue weighted by Crippen LogP contribution is 2.29. The first-order chi connectivity index (χ1) is 11.2. The van der Waals surface area contributed by atoms with Crippen LogP contribution >= 0.6 is 11.6 Å². The van der Waals surface area contributed by atoms with Crippen molar-refractivity contribution >= 4 is 23.4 Å². The van der Waals surface area contributed by atoms with Crippen molar-refractivity contribution < 1.29 is 9.21 Å². The number of hydrogen-bond donors (Lipinski definition) is 1. The summed E-state index contributed by atoms with van der Waals surface area (Å²) in [5.74, 6) is 0.284. The molecule has 1 aromatic heterocycles. The van der Waals surface area contributed by atoms with Crippen LogP contribution in [0.3, 0.4) is 0 Å². The summed E-state index contributed by atoms with van der Waals surface area (Å²) in [6.07, 6.45) is 0. The van der Waals surface area contributed by atoms with Crippen molar-refractivity contribution in [1.82, 2.24) is 0 Å². The van der Waals surface area contributed by atoms with E-state index in [2.05, 4.69) is 5.32 Å². The molecule has 23 heavy (non-hydrogen) atoms. The molecule has 0 unspecified atom stereocenters. The Morgan fingerprint density at radius 3 is 2.43 bits per heavy atom. The fourth-order valence-electron chi connectivity index (χ4n) is 2.09. The van der Waals surface area contributed by atoms with Gasteiger partial charge in [-0.25, -0.2) is 0 Å². The summed E-state index contributed by atoms with van der Waals surface area (Å²) in [6.45, 7) is 0. The summed E-state index contributed by atoms with van der Waals surface area (Å²) in [5, 5.41) is 12.4. The van der Waals surface area contributed by atoms with Crippen LogP contribution in [0.2, 0.25) is 5.02 Å². The van der Waals surface area contributed by atoms with Crippen LogP contribution < -0.4 is 5.32 Å². The number of nitrogens with one attached hydrogen (secondary N) is 1. The average molecular weight is 323 g/mol. The first-order valence-electron chi connectivity index (χ1n) is 6.83. The van der Waals surface area contributed by atoms with E-state index in [1.54, 1.807) is 30.3 Å². The molecule has 1 heterocycles. The Labute approximate surface area is 137 Å². The lowest BCUT2D eigenvalue weighted by atomic mass is 10.1. The third kappa shape index (κ3) is 3.25. The SMILES string of the molecule is N#Cc1cc(-c2ccccc2)oc1NC(=O)c1ccc(Cl)cc1. The second-order valence-electron chi connectivity index (χ2n) is 4.79. The topological polar surface area (TPSA) is 66.0 Å². The molecule has 2 aromatic carbocycles. The minimum Gasteiger partial charge on any atom is -0.439 e. The van der Waals surface area contributed by atoms with Crippen LogP contribution in [0, 0.1) is 11.3 Å². The van der Waals surface area contributed by atoms with Crippen molar-refractivity contribution in [2.24, 2.45) is 0 Å². The average Bonchev–Trinajstić information content (AvgIpc) is 2.99. The minimum absolute atomic E-state index is 0.131. The summed E-state index contributed by atoms with van der Waals surface area (Å²) in [4.78, 5) is 12.2. The van der Waals surface area contributed by atoms with E-state index >= 15 is 0 Å². The number of carbonyl (C=O) groups is 1. The molecule has 0 bridgehead atoms. The molecule has 0 aliphatic heterocycles. The second kappa shape index (κ2) is 6.39. The highest BCUT2D eigenvalue weighted by atomic mass is 35.5. The predicted molar refractivity (Wildman–Crippen MR) is 88.3 cm³/mol. The molecule has 5 heteroatoms. The maximum atomic E-state index is 12.2. The van der Waals surface area contributed by atoms with Crippen LogP contribution in [-0.4, -0.2) is 5.91 Å². The van der Waals surface area contributed by atoms with E-state index in [1.165, 1.54) is 0 Å². The standard InChI is InChI=1S/C18H11ClN2O2/c19-15-8-6-13(7-9-15)17(22)21-18-14(11-20)10-16(23-18)12-4-2-1-3-5-12/h1-10H,(H,21,22). The highest BCUT2D eigenvalue weighted by molar-refractivity contribution is 6.30. The maximum Gasteiger partial charge on any atom is 0.258 e. The molecule has 1 amide bonds. The van der Waals surface area contributed by atoms with Crippen LogP contribution in [0.25, 0.3) is 11.3 Å². The molecule has 1 N–H and O–H groups in total. The van der Waals surface area contributed by atoms with E-state index < -0.39 is 0 Å². The molecular formula is C18H11ClN2O2. The molecule has 0 radical (unpaired) electrons. The van der Waals surface area contributed by atoms with Crippen LogP contribution in [0.5, 0.6) is 0 Å². The van der Waals surface area contributed by atoms with E-state index in [1.807, 2.05) is 36.4 Å². The van der Waals surface area contributed by atoms with Crippen molar-refractivity contribution in [3.8, 4) is 17.4 Å². The van der Waals surface area contributed by atoms with Crippen LogP contribution in [-0.2, 0) is 0 Å². The van der Waals surface area contributed by atoms with E-state index in [4.69, 9.17) is 16.0 Å². The third-order valence-electron chi connectivity index (χ3n) is 3.24. The zero-order valence-electron chi connectivity index (χ0n) is 11.9. The van der Waals surface area contributed by atoms with Crippen molar-refractivity contribution in [1.29, 1.82) is 5.26 Å². The van der Waals surface area contributed by atoms with Crippen molar-refractivity contribution in [3.05, 3.63) is 76.8 Å². The van der Waals surface area contributed by atoms with Gasteiger partial charge in [0.25, 0.3) is 5.91 Å². The van der Waals surface area contributed by atoms with Crippen LogP contribution in [0.4, 0.5) is 5.88 Å². The second-order valence-corrected chi connectivity index (χ2v) is 5.23. The molecule has 3 aromatic rings. The molecule has 0 spiro atoms. The van der Waals surface area contributed by atoms with Gasteiger partial charge in [0.05, 0.1) is 0 Å². The lowest BCUT2D eigenvalue weighted by Gasteiger charge is -2.03. The summed E-state index contributed by atoms with van der Waals surface area (Å²) < 4.78 is 5.63. The van der Waals surface area contributed by atoms with E-state index in [-0.39, 0.29) is 17.4 Å². The largest absolute Gasteiger partial charge is 0.439 e. The first-order valence-corrected chi connectivity index (χ1v) is 7.21. The third-order valence-corrected chi connectivity index (χ3v) is 3.50. The molecule has 0 saturated heterocycles. The Morgan fingerprint density at radius 2 is 1.78 bits per heavy atom. The summed E-state index contributed by atoms with van der Waals surface area (Å²) in [7, 11) is 0. The highest BCUT2D eigenvalue weighted by Gasteiger charge is 2.15. The maximum absolute atomic E-state index is 12.2. The molecule has 0 fully saturated rings. The molecule has 0 atom stereocenters. The summed E-state index contributed by atoms with van der Waals surface area (Å²) in [6, 6.07) is 19.4. The number of halogens is 1. The Kier molecular flexibility index (Phi) is 4.13. The Bertz CT molecular complexity index is 878. The molecule has 0 aliphatic carbocycles. The summed E-state index contributed by atoms with van der Waals surface area (Å²) in [5.41, 5.74) is 1.53. The lowest BCUT2D eigenvalue weighted by molar-refractivity contribution is 0.102. The fraction of sp³-hybridized carbons (Fsp3) is 0. The van der Waals surface area contributed by atoms with Gasteiger partial charge in [-0.1, -0.05) is 41.9 Å². The van der Waals surface area contributed by atoms with Gasteiger partial charge < -0.3 is 4.42 Å².